The molecule has 1 fully saturated rings. The number of hydrogen-bond donors (Lipinski definition) is 2. The van der Waals surface area contributed by atoms with E-state index in [9.17, 15) is 13.2 Å². The van der Waals surface area contributed by atoms with Crippen LogP contribution in [0.2, 0.25) is 0 Å². The Labute approximate surface area is 159 Å². The molecular weight excluding hydrogens is 364 g/mol. The van der Waals surface area contributed by atoms with E-state index in [0.717, 1.165) is 5.56 Å². The molecule has 0 radical (unpaired) electrons. The first-order chi connectivity index (χ1) is 13.0. The summed E-state index contributed by atoms with van der Waals surface area (Å²) < 4.78 is 28.1. The molecule has 2 unspecified atom stereocenters. The van der Waals surface area contributed by atoms with Crippen molar-refractivity contribution in [3.8, 4) is 0 Å². The average Bonchev–Trinajstić information content (AvgIpc) is 2.73. The van der Waals surface area contributed by atoms with E-state index in [-0.39, 0.29) is 36.5 Å². The number of benzene rings is 2. The molecule has 7 heteroatoms. The molecule has 1 saturated heterocycles. The van der Waals surface area contributed by atoms with Gasteiger partial charge in [-0.2, -0.15) is 4.31 Å². The van der Waals surface area contributed by atoms with Crippen LogP contribution in [0.15, 0.2) is 65.6 Å². The summed E-state index contributed by atoms with van der Waals surface area (Å²) in [6.45, 7) is 0.147. The summed E-state index contributed by atoms with van der Waals surface area (Å²) in [4.78, 5) is 12.6. The molecule has 3 rings (SSSR count). The summed E-state index contributed by atoms with van der Waals surface area (Å²) in [5.74, 6) is -0.654. The zero-order valence-corrected chi connectivity index (χ0v) is 15.8. The molecule has 27 heavy (non-hydrogen) atoms. The Hall–Kier alpha value is -2.22. The van der Waals surface area contributed by atoms with E-state index in [4.69, 9.17) is 5.11 Å². The third-order valence-electron chi connectivity index (χ3n) is 4.85. The Kier molecular flexibility index (Phi) is 6.26. The number of carbonyl (C=O) groups excluding carboxylic acids is 1. The van der Waals surface area contributed by atoms with Crippen molar-refractivity contribution in [2.24, 2.45) is 5.92 Å². The lowest BCUT2D eigenvalue weighted by atomic mass is 9.90. The zero-order chi connectivity index (χ0) is 19.3. The van der Waals surface area contributed by atoms with Gasteiger partial charge in [0.1, 0.15) is 0 Å². The first-order valence-corrected chi connectivity index (χ1v) is 10.5. The highest BCUT2D eigenvalue weighted by Crippen LogP contribution is 2.37. The van der Waals surface area contributed by atoms with Crippen LogP contribution >= 0.6 is 0 Å². The molecule has 0 aliphatic carbocycles. The van der Waals surface area contributed by atoms with E-state index in [1.165, 1.54) is 4.31 Å². The second-order valence-corrected chi connectivity index (χ2v) is 8.49. The lowest BCUT2D eigenvalue weighted by Crippen LogP contribution is -2.47. The van der Waals surface area contributed by atoms with Gasteiger partial charge in [0.2, 0.25) is 15.9 Å². The van der Waals surface area contributed by atoms with Crippen LogP contribution in [0.5, 0.6) is 0 Å². The van der Waals surface area contributed by atoms with Gasteiger partial charge < -0.3 is 10.4 Å². The van der Waals surface area contributed by atoms with Gasteiger partial charge in [0.15, 0.2) is 0 Å². The molecule has 0 bridgehead atoms. The largest absolute Gasteiger partial charge is 0.395 e. The Balaban J connectivity index is 1.93. The molecule has 0 aromatic heterocycles. The van der Waals surface area contributed by atoms with Crippen molar-refractivity contribution in [3.63, 3.8) is 0 Å². The van der Waals surface area contributed by atoms with Crippen LogP contribution in [0.25, 0.3) is 0 Å². The highest BCUT2D eigenvalue weighted by molar-refractivity contribution is 7.89. The van der Waals surface area contributed by atoms with Crippen LogP contribution in [-0.2, 0) is 14.8 Å². The molecule has 1 aliphatic rings. The van der Waals surface area contributed by atoms with Gasteiger partial charge >= 0.3 is 0 Å². The number of hydrogen-bond acceptors (Lipinski definition) is 4. The lowest BCUT2D eigenvalue weighted by Gasteiger charge is -2.38. The fraction of sp³-hybridized carbons (Fsp3) is 0.350. The fourth-order valence-corrected chi connectivity index (χ4v) is 5.19. The van der Waals surface area contributed by atoms with Gasteiger partial charge in [0.25, 0.3) is 0 Å². The first-order valence-electron chi connectivity index (χ1n) is 9.04. The molecule has 1 heterocycles. The van der Waals surface area contributed by atoms with Crippen molar-refractivity contribution in [2.75, 3.05) is 19.7 Å². The Morgan fingerprint density at radius 2 is 1.67 bits per heavy atom. The smallest absolute Gasteiger partial charge is 0.243 e. The highest BCUT2D eigenvalue weighted by Gasteiger charge is 2.39. The van der Waals surface area contributed by atoms with Crippen LogP contribution in [0.1, 0.15) is 24.4 Å². The molecule has 2 atom stereocenters. The summed E-state index contributed by atoms with van der Waals surface area (Å²) in [5.41, 5.74) is 0.922. The number of nitrogens with one attached hydrogen (secondary N) is 1. The molecule has 1 aliphatic heterocycles. The number of nitrogens with zero attached hydrogens (tertiary/aromatic N) is 1. The molecule has 2 aromatic carbocycles. The van der Waals surface area contributed by atoms with Crippen molar-refractivity contribution in [2.45, 2.75) is 23.8 Å². The van der Waals surface area contributed by atoms with Gasteiger partial charge in [-0.15, -0.1) is 0 Å². The number of aliphatic hydroxyl groups excluding tert-OH is 1. The quantitative estimate of drug-likeness (QED) is 0.792. The summed E-state index contributed by atoms with van der Waals surface area (Å²) in [5, 5.41) is 11.6. The standard InChI is InChI=1S/C20H24N2O4S/c23-14-13-21-20(24)17-11-12-19(16-7-3-1-4-8-16)22(15-17)27(25,26)18-9-5-2-6-10-18/h1-10,17,19,23H,11-15H2,(H,21,24). The second-order valence-electron chi connectivity index (χ2n) is 6.60. The average molecular weight is 388 g/mol. The van der Waals surface area contributed by atoms with Gasteiger partial charge in [-0.25, -0.2) is 8.42 Å². The monoisotopic (exact) mass is 388 g/mol. The number of piperidine rings is 1. The van der Waals surface area contributed by atoms with Crippen LogP contribution in [0.4, 0.5) is 0 Å². The van der Waals surface area contributed by atoms with Gasteiger partial charge in [0, 0.05) is 13.1 Å². The number of aliphatic hydroxyl groups is 1. The molecule has 2 N–H and O–H groups in total. The van der Waals surface area contributed by atoms with Crippen molar-refractivity contribution < 1.29 is 18.3 Å². The van der Waals surface area contributed by atoms with Gasteiger partial charge in [-0.1, -0.05) is 48.5 Å². The SMILES string of the molecule is O=C(NCCO)C1CCC(c2ccccc2)N(S(=O)(=O)c2ccccc2)C1. The Morgan fingerprint density at radius 3 is 2.30 bits per heavy atom. The molecule has 1 amide bonds. The number of carbonyl (C=O) groups is 1. The minimum Gasteiger partial charge on any atom is -0.395 e. The van der Waals surface area contributed by atoms with Gasteiger partial charge in [-0.05, 0) is 30.5 Å². The summed E-state index contributed by atoms with van der Waals surface area (Å²) >= 11 is 0. The summed E-state index contributed by atoms with van der Waals surface area (Å²) in [6, 6.07) is 17.5. The van der Waals surface area contributed by atoms with Crippen molar-refractivity contribution in [1.82, 2.24) is 9.62 Å². The maximum absolute atomic E-state index is 13.3. The van der Waals surface area contributed by atoms with E-state index in [0.29, 0.717) is 12.8 Å². The minimum atomic E-state index is -3.74. The van der Waals surface area contributed by atoms with Crippen LogP contribution < -0.4 is 5.32 Å². The minimum absolute atomic E-state index is 0.119. The van der Waals surface area contributed by atoms with Crippen molar-refractivity contribution in [1.29, 1.82) is 0 Å². The summed E-state index contributed by atoms with van der Waals surface area (Å²) in [6.07, 6.45) is 1.16. The van der Waals surface area contributed by atoms with Gasteiger partial charge in [0.05, 0.1) is 23.5 Å². The third kappa shape index (κ3) is 4.37. The van der Waals surface area contributed by atoms with Crippen molar-refractivity contribution in [3.05, 3.63) is 66.2 Å². The van der Waals surface area contributed by atoms with Gasteiger partial charge in [-0.3, -0.25) is 4.79 Å². The third-order valence-corrected chi connectivity index (χ3v) is 6.74. The van der Waals surface area contributed by atoms with Crippen LogP contribution in [0, 0.1) is 5.92 Å². The number of rotatable bonds is 6. The molecule has 6 nitrogen and oxygen atoms in total. The fourth-order valence-electron chi connectivity index (χ4n) is 3.48. The van der Waals surface area contributed by atoms with E-state index >= 15 is 0 Å². The molecule has 0 saturated carbocycles. The molecule has 144 valence electrons. The van der Waals surface area contributed by atoms with Crippen LogP contribution in [0.3, 0.4) is 0 Å². The van der Waals surface area contributed by atoms with Crippen molar-refractivity contribution >= 4 is 15.9 Å². The summed E-state index contributed by atoms with van der Waals surface area (Å²) in [7, 11) is -3.74. The van der Waals surface area contributed by atoms with E-state index < -0.39 is 15.9 Å². The number of amides is 1. The first kappa shape index (κ1) is 19.5. The normalized spacial score (nSPS) is 20.9. The van der Waals surface area contributed by atoms with E-state index in [1.807, 2.05) is 30.3 Å². The van der Waals surface area contributed by atoms with E-state index in [1.54, 1.807) is 30.3 Å². The maximum Gasteiger partial charge on any atom is 0.243 e. The Morgan fingerprint density at radius 1 is 1.04 bits per heavy atom. The highest BCUT2D eigenvalue weighted by atomic mass is 32.2. The molecule has 2 aromatic rings. The maximum atomic E-state index is 13.3. The zero-order valence-electron chi connectivity index (χ0n) is 15.0. The predicted molar refractivity (Wildman–Crippen MR) is 102 cm³/mol. The Bertz CT molecular complexity index is 856. The second kappa shape index (κ2) is 8.65. The molecular formula is C20H24N2O4S. The van der Waals surface area contributed by atoms with Crippen LogP contribution in [-0.4, -0.2) is 43.4 Å². The predicted octanol–water partition coefficient (Wildman–Crippen LogP) is 1.94. The topological polar surface area (TPSA) is 86.7 Å². The lowest BCUT2D eigenvalue weighted by molar-refractivity contribution is -0.126. The molecule has 0 spiro atoms. The number of sulfonamides is 1. The van der Waals surface area contributed by atoms with E-state index in [2.05, 4.69) is 5.32 Å².